The Hall–Kier alpha value is -3.27. The van der Waals surface area contributed by atoms with Crippen molar-refractivity contribution < 1.29 is 9.59 Å². The first kappa shape index (κ1) is 14.7. The van der Waals surface area contributed by atoms with Crippen molar-refractivity contribution in [2.45, 2.75) is 0 Å². The normalized spacial score (nSPS) is 10.4. The predicted molar refractivity (Wildman–Crippen MR) is 92.1 cm³/mol. The molecule has 2 aromatic carbocycles. The van der Waals surface area contributed by atoms with Crippen LogP contribution >= 0.6 is 0 Å². The van der Waals surface area contributed by atoms with E-state index in [1.807, 2.05) is 48.5 Å². The molecule has 0 bridgehead atoms. The third-order valence-corrected chi connectivity index (χ3v) is 3.57. The molecule has 0 aliphatic carbocycles. The van der Waals surface area contributed by atoms with E-state index in [0.29, 0.717) is 16.7 Å². The first-order valence-corrected chi connectivity index (χ1v) is 7.07. The minimum Gasteiger partial charge on any atom is -0.269 e. The van der Waals surface area contributed by atoms with E-state index in [4.69, 9.17) is 0 Å². The zero-order valence-corrected chi connectivity index (χ0v) is 12.4. The van der Waals surface area contributed by atoms with Gasteiger partial charge in [-0.2, -0.15) is 0 Å². The average Bonchev–Trinajstić information content (AvgIpc) is 2.60. The Bertz CT molecular complexity index is 886. The molecule has 112 valence electrons. The highest BCUT2D eigenvalue weighted by Crippen LogP contribution is 2.34. The fraction of sp³-hybridized carbons (Fsp3) is 0. The number of aromatic nitrogens is 1. The number of nitrogens with zero attached hydrogens (tertiary/aromatic N) is 2. The molecule has 0 saturated heterocycles. The minimum atomic E-state index is -0.503. The number of rotatable bonds is 3. The maximum atomic E-state index is 12.3. The molecule has 1 heterocycles. The maximum Gasteiger partial charge on any atom is 0.257 e. The Labute approximate surface area is 133 Å². The second kappa shape index (κ2) is 5.85. The van der Waals surface area contributed by atoms with Crippen molar-refractivity contribution in [1.82, 2.24) is 4.98 Å². The smallest absolute Gasteiger partial charge is 0.257 e. The standard InChI is InChI=1S/C19H14N2O2/c1-3-17(22)21(18(23)4-2)19-13-9-5-7-11-15(13)20-16-12-8-6-10-14(16)19/h3-12H,1-2H2. The molecule has 0 spiro atoms. The van der Waals surface area contributed by atoms with Gasteiger partial charge in [-0.25, -0.2) is 9.88 Å². The number of anilines is 1. The van der Waals surface area contributed by atoms with Crippen molar-refractivity contribution in [2.24, 2.45) is 0 Å². The number of amides is 2. The third-order valence-electron chi connectivity index (χ3n) is 3.57. The van der Waals surface area contributed by atoms with Gasteiger partial charge in [-0.15, -0.1) is 0 Å². The Morgan fingerprint density at radius 1 is 0.826 bits per heavy atom. The van der Waals surface area contributed by atoms with Crippen LogP contribution in [0.1, 0.15) is 0 Å². The van der Waals surface area contributed by atoms with Gasteiger partial charge in [-0.05, 0) is 24.3 Å². The Kier molecular flexibility index (Phi) is 3.73. The monoisotopic (exact) mass is 302 g/mol. The second-order valence-corrected chi connectivity index (χ2v) is 4.91. The number of carbonyl (C=O) groups excluding carboxylic acids is 2. The molecular formula is C19H14N2O2. The van der Waals surface area contributed by atoms with Crippen molar-refractivity contribution in [1.29, 1.82) is 0 Å². The van der Waals surface area contributed by atoms with Crippen molar-refractivity contribution in [3.8, 4) is 0 Å². The van der Waals surface area contributed by atoms with E-state index in [2.05, 4.69) is 18.1 Å². The van der Waals surface area contributed by atoms with Gasteiger partial charge >= 0.3 is 0 Å². The number of hydrogen-bond donors (Lipinski definition) is 0. The van der Waals surface area contributed by atoms with Crippen molar-refractivity contribution in [3.05, 3.63) is 73.8 Å². The van der Waals surface area contributed by atoms with Crippen molar-refractivity contribution in [2.75, 3.05) is 4.90 Å². The van der Waals surface area contributed by atoms with Gasteiger partial charge in [0.05, 0.1) is 16.7 Å². The highest BCUT2D eigenvalue weighted by molar-refractivity contribution is 6.28. The minimum absolute atomic E-state index is 0.501. The molecule has 0 atom stereocenters. The molecule has 2 amide bonds. The number of fused-ring (bicyclic) bond motifs is 2. The van der Waals surface area contributed by atoms with Crippen LogP contribution in [0.4, 0.5) is 5.69 Å². The molecule has 4 heteroatoms. The Morgan fingerprint density at radius 3 is 1.70 bits per heavy atom. The van der Waals surface area contributed by atoms with E-state index in [9.17, 15) is 9.59 Å². The number of benzene rings is 2. The molecule has 0 fully saturated rings. The van der Waals surface area contributed by atoms with Crippen LogP contribution in [0.2, 0.25) is 0 Å². The Balaban J connectivity index is 2.48. The first-order valence-electron chi connectivity index (χ1n) is 7.07. The van der Waals surface area contributed by atoms with Crippen molar-refractivity contribution in [3.63, 3.8) is 0 Å². The van der Waals surface area contributed by atoms with E-state index in [-0.39, 0.29) is 0 Å². The van der Waals surface area contributed by atoms with E-state index in [0.717, 1.165) is 27.8 Å². The molecule has 1 aromatic heterocycles. The van der Waals surface area contributed by atoms with Gasteiger partial charge < -0.3 is 0 Å². The molecule has 23 heavy (non-hydrogen) atoms. The lowest BCUT2D eigenvalue weighted by Gasteiger charge is -2.21. The first-order chi connectivity index (χ1) is 11.2. The van der Waals surface area contributed by atoms with Gasteiger partial charge in [-0.3, -0.25) is 9.59 Å². The van der Waals surface area contributed by atoms with Gasteiger partial charge in [0.25, 0.3) is 11.8 Å². The molecule has 0 radical (unpaired) electrons. The summed E-state index contributed by atoms with van der Waals surface area (Å²) in [5.74, 6) is -1.01. The van der Waals surface area contributed by atoms with E-state index >= 15 is 0 Å². The number of para-hydroxylation sites is 2. The van der Waals surface area contributed by atoms with Gasteiger partial charge in [-0.1, -0.05) is 49.6 Å². The van der Waals surface area contributed by atoms with Gasteiger partial charge in [0.1, 0.15) is 0 Å². The molecule has 3 rings (SSSR count). The van der Waals surface area contributed by atoms with E-state index < -0.39 is 11.8 Å². The summed E-state index contributed by atoms with van der Waals surface area (Å²) in [7, 11) is 0. The average molecular weight is 302 g/mol. The molecule has 0 aliphatic rings. The highest BCUT2D eigenvalue weighted by Gasteiger charge is 2.24. The van der Waals surface area contributed by atoms with Crippen LogP contribution in [0.25, 0.3) is 21.8 Å². The summed E-state index contributed by atoms with van der Waals surface area (Å²) in [6.07, 6.45) is 2.23. The van der Waals surface area contributed by atoms with Gasteiger partial charge in [0.2, 0.25) is 0 Å². The fourth-order valence-corrected chi connectivity index (χ4v) is 2.57. The number of carbonyl (C=O) groups is 2. The SMILES string of the molecule is C=CC(=O)N(C(=O)C=C)c1c2ccccc2nc2ccccc12. The number of hydrogen-bond acceptors (Lipinski definition) is 3. The lowest BCUT2D eigenvalue weighted by atomic mass is 10.1. The summed E-state index contributed by atoms with van der Waals surface area (Å²) in [5.41, 5.74) is 1.92. The number of pyridine rings is 1. The lowest BCUT2D eigenvalue weighted by molar-refractivity contribution is -0.121. The molecule has 0 N–H and O–H groups in total. The van der Waals surface area contributed by atoms with Crippen LogP contribution < -0.4 is 4.90 Å². The summed E-state index contributed by atoms with van der Waals surface area (Å²) >= 11 is 0. The summed E-state index contributed by atoms with van der Waals surface area (Å²) in [6, 6.07) is 14.8. The van der Waals surface area contributed by atoms with Crippen LogP contribution in [-0.4, -0.2) is 16.8 Å². The predicted octanol–water partition coefficient (Wildman–Crippen LogP) is 3.62. The second-order valence-electron chi connectivity index (χ2n) is 4.91. The van der Waals surface area contributed by atoms with Crippen LogP contribution in [0, 0.1) is 0 Å². The molecule has 0 aliphatic heterocycles. The quantitative estimate of drug-likeness (QED) is 0.548. The van der Waals surface area contributed by atoms with Crippen LogP contribution in [0.3, 0.4) is 0 Å². The summed E-state index contributed by atoms with van der Waals surface area (Å²) in [5, 5.41) is 1.44. The zero-order chi connectivity index (χ0) is 16.4. The largest absolute Gasteiger partial charge is 0.269 e. The van der Waals surface area contributed by atoms with E-state index in [1.54, 1.807) is 0 Å². The molecular weight excluding hydrogens is 288 g/mol. The topological polar surface area (TPSA) is 50.3 Å². The molecule has 4 nitrogen and oxygen atoms in total. The molecule has 3 aromatic rings. The third kappa shape index (κ3) is 2.40. The van der Waals surface area contributed by atoms with Crippen LogP contribution in [0.15, 0.2) is 73.8 Å². The lowest BCUT2D eigenvalue weighted by Crippen LogP contribution is -2.34. The zero-order valence-electron chi connectivity index (χ0n) is 12.4. The van der Waals surface area contributed by atoms with Crippen LogP contribution in [0.5, 0.6) is 0 Å². The number of imide groups is 1. The summed E-state index contributed by atoms with van der Waals surface area (Å²) in [4.78, 5) is 30.3. The highest BCUT2D eigenvalue weighted by atomic mass is 16.2. The van der Waals surface area contributed by atoms with Crippen molar-refractivity contribution >= 4 is 39.3 Å². The van der Waals surface area contributed by atoms with Crippen LogP contribution in [-0.2, 0) is 9.59 Å². The fourth-order valence-electron chi connectivity index (χ4n) is 2.57. The summed E-state index contributed by atoms with van der Waals surface area (Å²) < 4.78 is 0. The maximum absolute atomic E-state index is 12.3. The van der Waals surface area contributed by atoms with E-state index in [1.165, 1.54) is 0 Å². The Morgan fingerprint density at radius 2 is 1.26 bits per heavy atom. The van der Waals surface area contributed by atoms with Gasteiger partial charge in [0, 0.05) is 10.8 Å². The summed E-state index contributed by atoms with van der Waals surface area (Å²) in [6.45, 7) is 6.98. The molecule has 0 unspecified atom stereocenters. The molecule has 0 saturated carbocycles. The van der Waals surface area contributed by atoms with Gasteiger partial charge in [0.15, 0.2) is 0 Å².